The Morgan fingerprint density at radius 3 is 2.29 bits per heavy atom. The van der Waals surface area contributed by atoms with Crippen molar-refractivity contribution in [3.63, 3.8) is 0 Å². The smallest absolute Gasteiger partial charge is 0.264 e. The van der Waals surface area contributed by atoms with Gasteiger partial charge in [0.2, 0.25) is 23.7 Å². The van der Waals surface area contributed by atoms with Gasteiger partial charge in [-0.25, -0.2) is 13.1 Å². The third kappa shape index (κ3) is 13.0. The molecule has 15 nitrogen and oxygen atoms in total. The number of piperidine rings is 1. The number of hydroxylamine groups is 2. The van der Waals surface area contributed by atoms with Crippen LogP contribution in [0.25, 0.3) is 0 Å². The van der Waals surface area contributed by atoms with Gasteiger partial charge in [0.25, 0.3) is 10.0 Å². The second kappa shape index (κ2) is 21.2. The summed E-state index contributed by atoms with van der Waals surface area (Å²) in [6, 6.07) is 9.08. The molecule has 2 aromatic carbocycles. The molecule has 16 heteroatoms. The lowest BCUT2D eigenvalue weighted by Gasteiger charge is -2.51. The predicted octanol–water partition coefficient (Wildman–Crippen LogP) is 4.78. The van der Waals surface area contributed by atoms with Crippen LogP contribution in [-0.4, -0.2) is 103 Å². The van der Waals surface area contributed by atoms with Crippen molar-refractivity contribution in [3.05, 3.63) is 70.8 Å². The number of methoxy groups -OCH3 is 1. The molecule has 3 amide bonds. The van der Waals surface area contributed by atoms with Gasteiger partial charge in [0.1, 0.15) is 17.8 Å². The number of sulfonamides is 1. The summed E-state index contributed by atoms with van der Waals surface area (Å²) in [7, 11) is -2.57. The van der Waals surface area contributed by atoms with Crippen molar-refractivity contribution in [2.45, 2.75) is 154 Å². The van der Waals surface area contributed by atoms with Gasteiger partial charge in [-0.3, -0.25) is 19.4 Å². The molecule has 0 unspecified atom stereocenters. The SMILES string of the molecule is COc1cc(C)c(S(=O)(=O)NC(N)=NCCC[C@H](NC(=O)[C@@H]2CCCN2C(=O)[C@H](/C=C/[C@@H](N)CC(C)C)Cc2ccccc2)C(=O)NC2CC(C)(C)N(O)C(C)(C)C2)c(C)c1C. The second-order valence-corrected chi connectivity index (χ2v) is 20.4. The maximum Gasteiger partial charge on any atom is 0.264 e. The number of hydrogen-bond donors (Lipinski definition) is 6. The molecule has 2 saturated heterocycles. The van der Waals surface area contributed by atoms with E-state index in [1.807, 2.05) is 70.2 Å². The molecule has 344 valence electrons. The van der Waals surface area contributed by atoms with Gasteiger partial charge in [-0.05, 0) is 134 Å². The highest BCUT2D eigenvalue weighted by Gasteiger charge is 2.46. The number of aryl methyl sites for hydroxylation is 1. The Hall–Kier alpha value is -4.51. The molecule has 2 heterocycles. The van der Waals surface area contributed by atoms with Gasteiger partial charge < -0.3 is 36.9 Å². The minimum Gasteiger partial charge on any atom is -0.496 e. The van der Waals surface area contributed by atoms with Crippen LogP contribution < -0.4 is 31.6 Å². The Balaban J connectivity index is 1.53. The molecule has 4 atom stereocenters. The number of nitrogens with zero attached hydrogens (tertiary/aromatic N) is 3. The Morgan fingerprint density at radius 2 is 1.68 bits per heavy atom. The molecular weight excluding hydrogens is 809 g/mol. The van der Waals surface area contributed by atoms with Gasteiger partial charge >= 0.3 is 0 Å². The van der Waals surface area contributed by atoms with Gasteiger partial charge in [-0.2, -0.15) is 5.06 Å². The average molecular weight is 881 g/mol. The Kier molecular flexibility index (Phi) is 17.2. The molecule has 0 aromatic heterocycles. The van der Waals surface area contributed by atoms with Crippen LogP contribution in [0.3, 0.4) is 0 Å². The lowest BCUT2D eigenvalue weighted by molar-refractivity contribution is -0.246. The molecule has 0 saturated carbocycles. The van der Waals surface area contributed by atoms with Gasteiger partial charge in [0, 0.05) is 36.3 Å². The number of benzene rings is 2. The number of nitrogens with two attached hydrogens (primary N) is 2. The van der Waals surface area contributed by atoms with E-state index in [1.165, 1.54) is 12.2 Å². The third-order valence-electron chi connectivity index (χ3n) is 12.0. The first kappa shape index (κ1) is 50.1. The number of rotatable bonds is 18. The molecular formula is C46H72N8O7S. The maximum atomic E-state index is 14.3. The van der Waals surface area contributed by atoms with Crippen LogP contribution in [0.15, 0.2) is 58.4 Å². The minimum atomic E-state index is -4.10. The largest absolute Gasteiger partial charge is 0.496 e. The highest BCUT2D eigenvalue weighted by atomic mass is 32.2. The highest BCUT2D eigenvalue weighted by Crippen LogP contribution is 2.37. The van der Waals surface area contributed by atoms with Gasteiger partial charge in [0.15, 0.2) is 0 Å². The van der Waals surface area contributed by atoms with Crippen molar-refractivity contribution in [2.24, 2.45) is 28.3 Å². The summed E-state index contributed by atoms with van der Waals surface area (Å²) in [5, 5.41) is 18.3. The first-order valence-electron chi connectivity index (χ1n) is 21.8. The van der Waals surface area contributed by atoms with Crippen LogP contribution in [-0.2, 0) is 30.8 Å². The van der Waals surface area contributed by atoms with Gasteiger partial charge in [0.05, 0.1) is 17.9 Å². The number of amides is 3. The van der Waals surface area contributed by atoms with Crippen molar-refractivity contribution in [1.82, 2.24) is 25.3 Å². The molecule has 2 aromatic rings. The van der Waals surface area contributed by atoms with Gasteiger partial charge in [-0.1, -0.05) is 56.3 Å². The number of aliphatic imine (C=N–C) groups is 1. The maximum absolute atomic E-state index is 14.3. The lowest BCUT2D eigenvalue weighted by Crippen LogP contribution is -2.64. The van der Waals surface area contributed by atoms with Gasteiger partial charge in [-0.15, -0.1) is 0 Å². The van der Waals surface area contributed by atoms with Crippen LogP contribution in [0, 0.1) is 32.6 Å². The van der Waals surface area contributed by atoms with E-state index >= 15 is 0 Å². The van der Waals surface area contributed by atoms with Crippen LogP contribution in [0.2, 0.25) is 0 Å². The second-order valence-electron chi connectivity index (χ2n) is 18.8. The van der Waals surface area contributed by atoms with Crippen molar-refractivity contribution in [3.8, 4) is 5.75 Å². The van der Waals surface area contributed by atoms with E-state index in [1.54, 1.807) is 31.7 Å². The zero-order valence-corrected chi connectivity index (χ0v) is 39.3. The van der Waals surface area contributed by atoms with Crippen molar-refractivity contribution in [2.75, 3.05) is 20.2 Å². The van der Waals surface area contributed by atoms with E-state index < -0.39 is 50.9 Å². The fourth-order valence-corrected chi connectivity index (χ4v) is 10.6. The third-order valence-corrected chi connectivity index (χ3v) is 13.7. The molecule has 0 aliphatic carbocycles. The number of carbonyl (C=O) groups is 3. The normalized spacial score (nSPS) is 19.9. The van der Waals surface area contributed by atoms with Crippen molar-refractivity contribution in [1.29, 1.82) is 0 Å². The summed E-state index contributed by atoms with van der Waals surface area (Å²) in [4.78, 5) is 48.7. The van der Waals surface area contributed by atoms with Crippen molar-refractivity contribution >= 4 is 33.7 Å². The summed E-state index contributed by atoms with van der Waals surface area (Å²) >= 11 is 0. The predicted molar refractivity (Wildman–Crippen MR) is 243 cm³/mol. The lowest BCUT2D eigenvalue weighted by atomic mass is 9.79. The summed E-state index contributed by atoms with van der Waals surface area (Å²) < 4.78 is 34.7. The van der Waals surface area contributed by atoms with Crippen LogP contribution in [0.5, 0.6) is 5.75 Å². The molecule has 0 spiro atoms. The number of carbonyl (C=O) groups excluding carboxylic acids is 3. The summed E-state index contributed by atoms with van der Waals surface area (Å²) in [5.74, 6) is -0.913. The number of nitrogens with one attached hydrogen (secondary N) is 3. The monoisotopic (exact) mass is 881 g/mol. The molecule has 4 rings (SSSR count). The van der Waals surface area contributed by atoms with E-state index in [2.05, 4.69) is 34.2 Å². The zero-order chi connectivity index (χ0) is 46.2. The highest BCUT2D eigenvalue weighted by molar-refractivity contribution is 7.90. The van der Waals surface area contributed by atoms with Crippen LogP contribution in [0.1, 0.15) is 109 Å². The van der Waals surface area contributed by atoms with Crippen LogP contribution >= 0.6 is 0 Å². The molecule has 0 bridgehead atoms. The number of ether oxygens (including phenoxy) is 1. The molecule has 0 radical (unpaired) electrons. The first-order chi connectivity index (χ1) is 29.0. The quantitative estimate of drug-likeness (QED) is 0.0521. The molecule has 2 aliphatic heterocycles. The number of guanidine groups is 1. The first-order valence-corrected chi connectivity index (χ1v) is 23.3. The van der Waals surface area contributed by atoms with Crippen LogP contribution in [0.4, 0.5) is 0 Å². The number of likely N-dealkylation sites (tertiary alicyclic amines) is 1. The fraction of sp³-hybridized carbons (Fsp3) is 0.609. The summed E-state index contributed by atoms with van der Waals surface area (Å²) in [6.07, 6.45) is 7.39. The van der Waals surface area contributed by atoms with Crippen molar-refractivity contribution < 1.29 is 32.7 Å². The minimum absolute atomic E-state index is 0.0526. The van der Waals surface area contributed by atoms with E-state index in [4.69, 9.17) is 16.2 Å². The molecule has 2 aliphatic rings. The van der Waals surface area contributed by atoms with E-state index in [9.17, 15) is 28.0 Å². The Bertz CT molecular complexity index is 2040. The molecule has 8 N–H and O–H groups in total. The topological polar surface area (TPSA) is 222 Å². The number of hydrogen-bond acceptors (Lipinski definition) is 10. The Labute approximate surface area is 369 Å². The molecule has 62 heavy (non-hydrogen) atoms. The fourth-order valence-electron chi connectivity index (χ4n) is 9.10. The molecule has 2 fully saturated rings. The summed E-state index contributed by atoms with van der Waals surface area (Å²) in [5.41, 5.74) is 13.9. The average Bonchev–Trinajstić information content (AvgIpc) is 3.68. The standard InChI is InChI=1S/C46H72N8O7S/c1-29(2)24-35(47)21-20-34(26-33-16-12-11-13-17-33)43(57)53-23-15-19-38(53)42(56)51-37(41(55)50-36-27-45(6,7)54(58)46(8,9)28-36)18-14-22-49-44(48)52-62(59,60)40-30(3)25-39(61-10)31(4)32(40)5/h11-13,16-17,20-21,25,29,34-38,58H,14-15,18-19,22-24,26-28,47H2,1-10H3,(H,50,55)(H,51,56)(H3,48,49,52)/b21-20+/t34-,35-,37+,38+/m1/s1. The zero-order valence-electron chi connectivity index (χ0n) is 38.5. The van der Waals surface area contributed by atoms with E-state index in [0.717, 1.165) is 12.0 Å². The van der Waals surface area contributed by atoms with E-state index in [-0.39, 0.29) is 48.2 Å². The Morgan fingerprint density at radius 1 is 1.03 bits per heavy atom. The van der Waals surface area contributed by atoms with E-state index in [0.29, 0.717) is 67.0 Å². The summed E-state index contributed by atoms with van der Waals surface area (Å²) in [6.45, 7) is 17.4.